The van der Waals surface area contributed by atoms with Crippen molar-refractivity contribution in [2.75, 3.05) is 12.4 Å². The molecule has 0 aliphatic rings. The van der Waals surface area contributed by atoms with E-state index in [1.165, 1.54) is 12.1 Å². The normalized spacial score (nSPS) is 10.8. The molecular formula is C15H18FN3. The monoisotopic (exact) mass is 259 g/mol. The molecule has 0 fully saturated rings. The SMILES string of the molecule is CNc1nc(C(C)C)nc(-c2cccc(F)c2)c1C. The maximum atomic E-state index is 13.4. The molecule has 2 rings (SSSR count). The van der Waals surface area contributed by atoms with Crippen molar-refractivity contribution in [1.82, 2.24) is 9.97 Å². The molecule has 0 spiro atoms. The van der Waals surface area contributed by atoms with Crippen molar-refractivity contribution in [2.45, 2.75) is 26.7 Å². The molecule has 2 aromatic rings. The highest BCUT2D eigenvalue weighted by atomic mass is 19.1. The highest BCUT2D eigenvalue weighted by Gasteiger charge is 2.14. The Morgan fingerprint density at radius 2 is 1.95 bits per heavy atom. The molecule has 0 unspecified atom stereocenters. The summed E-state index contributed by atoms with van der Waals surface area (Å²) in [5.74, 6) is 1.51. The first-order chi connectivity index (χ1) is 9.02. The Balaban J connectivity index is 2.64. The van der Waals surface area contributed by atoms with E-state index in [2.05, 4.69) is 15.3 Å². The van der Waals surface area contributed by atoms with Crippen molar-refractivity contribution in [1.29, 1.82) is 0 Å². The fourth-order valence-electron chi connectivity index (χ4n) is 1.95. The summed E-state index contributed by atoms with van der Waals surface area (Å²) < 4.78 is 13.4. The lowest BCUT2D eigenvalue weighted by Gasteiger charge is -2.14. The maximum Gasteiger partial charge on any atom is 0.133 e. The Labute approximate surface area is 112 Å². The summed E-state index contributed by atoms with van der Waals surface area (Å²) in [6.45, 7) is 6.02. The molecule has 0 saturated heterocycles. The van der Waals surface area contributed by atoms with Gasteiger partial charge in [0.05, 0.1) is 5.69 Å². The van der Waals surface area contributed by atoms with Crippen molar-refractivity contribution < 1.29 is 4.39 Å². The molecule has 0 aliphatic heterocycles. The van der Waals surface area contributed by atoms with Crippen molar-refractivity contribution in [3.8, 4) is 11.3 Å². The van der Waals surface area contributed by atoms with Gasteiger partial charge in [-0.2, -0.15) is 0 Å². The Morgan fingerprint density at radius 1 is 1.21 bits per heavy atom. The third-order valence-corrected chi connectivity index (χ3v) is 3.01. The number of anilines is 1. The summed E-state index contributed by atoms with van der Waals surface area (Å²) in [6.07, 6.45) is 0. The second-order valence-corrected chi connectivity index (χ2v) is 4.82. The van der Waals surface area contributed by atoms with Crippen molar-refractivity contribution in [3.63, 3.8) is 0 Å². The van der Waals surface area contributed by atoms with Gasteiger partial charge in [0.2, 0.25) is 0 Å². The first-order valence-corrected chi connectivity index (χ1v) is 6.35. The van der Waals surface area contributed by atoms with Gasteiger partial charge in [0.1, 0.15) is 17.5 Å². The highest BCUT2D eigenvalue weighted by molar-refractivity contribution is 5.68. The molecule has 4 heteroatoms. The van der Waals surface area contributed by atoms with Gasteiger partial charge in [-0.15, -0.1) is 0 Å². The van der Waals surface area contributed by atoms with Crippen LogP contribution in [0.3, 0.4) is 0 Å². The molecule has 1 N–H and O–H groups in total. The van der Waals surface area contributed by atoms with Gasteiger partial charge < -0.3 is 5.32 Å². The van der Waals surface area contributed by atoms with E-state index >= 15 is 0 Å². The molecule has 3 nitrogen and oxygen atoms in total. The van der Waals surface area contributed by atoms with Crippen LogP contribution in [0.15, 0.2) is 24.3 Å². The fraction of sp³-hybridized carbons (Fsp3) is 0.333. The van der Waals surface area contributed by atoms with E-state index < -0.39 is 0 Å². The van der Waals surface area contributed by atoms with E-state index in [4.69, 9.17) is 0 Å². The minimum atomic E-state index is -0.257. The molecule has 0 radical (unpaired) electrons. The lowest BCUT2D eigenvalue weighted by molar-refractivity contribution is 0.628. The first-order valence-electron chi connectivity index (χ1n) is 6.35. The van der Waals surface area contributed by atoms with Gasteiger partial charge in [-0.05, 0) is 19.1 Å². The van der Waals surface area contributed by atoms with Gasteiger partial charge in [0.15, 0.2) is 0 Å². The zero-order chi connectivity index (χ0) is 14.0. The van der Waals surface area contributed by atoms with Gasteiger partial charge in [-0.1, -0.05) is 26.0 Å². The number of hydrogen-bond acceptors (Lipinski definition) is 3. The molecule has 0 amide bonds. The van der Waals surface area contributed by atoms with E-state index in [0.29, 0.717) is 0 Å². The van der Waals surface area contributed by atoms with Crippen molar-refractivity contribution in [3.05, 3.63) is 41.5 Å². The lowest BCUT2D eigenvalue weighted by atomic mass is 10.1. The van der Waals surface area contributed by atoms with Crippen LogP contribution in [0.5, 0.6) is 0 Å². The second kappa shape index (κ2) is 5.34. The van der Waals surface area contributed by atoms with Crippen LogP contribution in [0.25, 0.3) is 11.3 Å². The molecule has 1 aromatic heterocycles. The molecular weight excluding hydrogens is 241 g/mol. The maximum absolute atomic E-state index is 13.4. The topological polar surface area (TPSA) is 37.8 Å². The molecule has 1 aromatic carbocycles. The Bertz CT molecular complexity index is 594. The van der Waals surface area contributed by atoms with Crippen LogP contribution < -0.4 is 5.32 Å². The standard InChI is InChI=1S/C15H18FN3/c1-9(2)14-18-13(10(3)15(17-4)19-14)11-6-5-7-12(16)8-11/h5-9H,1-4H3,(H,17,18,19). The van der Waals surface area contributed by atoms with E-state index in [1.807, 2.05) is 33.9 Å². The van der Waals surface area contributed by atoms with Gasteiger partial charge >= 0.3 is 0 Å². The third-order valence-electron chi connectivity index (χ3n) is 3.01. The first kappa shape index (κ1) is 13.5. The Hall–Kier alpha value is -1.97. The quantitative estimate of drug-likeness (QED) is 0.912. The number of nitrogens with one attached hydrogen (secondary N) is 1. The van der Waals surface area contributed by atoms with Crippen LogP contribution in [0.2, 0.25) is 0 Å². The predicted octanol–water partition coefficient (Wildman–Crippen LogP) is 3.76. The van der Waals surface area contributed by atoms with Gasteiger partial charge in [-0.25, -0.2) is 14.4 Å². The molecule has 1 heterocycles. The number of aromatic nitrogens is 2. The summed E-state index contributed by atoms with van der Waals surface area (Å²) in [5, 5.41) is 3.07. The largest absolute Gasteiger partial charge is 0.373 e. The van der Waals surface area contributed by atoms with Gasteiger partial charge in [-0.3, -0.25) is 0 Å². The van der Waals surface area contributed by atoms with E-state index in [0.717, 1.165) is 28.5 Å². The molecule has 0 saturated carbocycles. The summed E-state index contributed by atoms with van der Waals surface area (Å²) in [4.78, 5) is 9.06. The average molecular weight is 259 g/mol. The number of nitrogens with zero attached hydrogens (tertiary/aromatic N) is 2. The van der Waals surface area contributed by atoms with E-state index in [-0.39, 0.29) is 11.7 Å². The molecule has 0 aliphatic carbocycles. The van der Waals surface area contributed by atoms with E-state index in [9.17, 15) is 4.39 Å². The minimum Gasteiger partial charge on any atom is -0.373 e. The van der Waals surface area contributed by atoms with Crippen LogP contribution in [0.1, 0.15) is 31.2 Å². The van der Waals surface area contributed by atoms with Crippen molar-refractivity contribution >= 4 is 5.82 Å². The number of benzene rings is 1. The fourth-order valence-corrected chi connectivity index (χ4v) is 1.95. The van der Waals surface area contributed by atoms with Crippen molar-refractivity contribution in [2.24, 2.45) is 0 Å². The van der Waals surface area contributed by atoms with Gasteiger partial charge in [0.25, 0.3) is 0 Å². The molecule has 0 atom stereocenters. The van der Waals surface area contributed by atoms with Crippen LogP contribution in [-0.4, -0.2) is 17.0 Å². The Morgan fingerprint density at radius 3 is 2.53 bits per heavy atom. The summed E-state index contributed by atoms with van der Waals surface area (Å²) >= 11 is 0. The number of rotatable bonds is 3. The number of hydrogen-bond donors (Lipinski definition) is 1. The third kappa shape index (κ3) is 2.72. The summed E-state index contributed by atoms with van der Waals surface area (Å²) in [6, 6.07) is 6.49. The van der Waals surface area contributed by atoms with Crippen LogP contribution >= 0.6 is 0 Å². The smallest absolute Gasteiger partial charge is 0.133 e. The highest BCUT2D eigenvalue weighted by Crippen LogP contribution is 2.27. The molecule has 100 valence electrons. The summed E-state index contributed by atoms with van der Waals surface area (Å²) in [5.41, 5.74) is 2.48. The second-order valence-electron chi connectivity index (χ2n) is 4.82. The zero-order valence-electron chi connectivity index (χ0n) is 11.7. The van der Waals surface area contributed by atoms with Gasteiger partial charge in [0, 0.05) is 24.1 Å². The molecule has 19 heavy (non-hydrogen) atoms. The van der Waals surface area contributed by atoms with Crippen LogP contribution in [0, 0.1) is 12.7 Å². The zero-order valence-corrected chi connectivity index (χ0v) is 11.7. The summed E-state index contributed by atoms with van der Waals surface area (Å²) in [7, 11) is 1.83. The average Bonchev–Trinajstić information content (AvgIpc) is 2.38. The van der Waals surface area contributed by atoms with Crippen LogP contribution in [0.4, 0.5) is 10.2 Å². The molecule has 0 bridgehead atoms. The number of halogens is 1. The van der Waals surface area contributed by atoms with E-state index in [1.54, 1.807) is 6.07 Å². The Kier molecular flexibility index (Phi) is 3.79. The predicted molar refractivity (Wildman–Crippen MR) is 75.8 cm³/mol. The minimum absolute atomic E-state index is 0.222. The van der Waals surface area contributed by atoms with Crippen LogP contribution in [-0.2, 0) is 0 Å². The lowest BCUT2D eigenvalue weighted by Crippen LogP contribution is -2.06.